The standard InChI is InChI=1S/C25H30N4O4/c1-25(2,3)33-24(30)28-16-9-10-17(28)14-18(13-16)29-19-6-4-5-7-21(19)32-22-12-15(23(26)27-31)8-11-20(22)29/h4-8,11-12,16-18,31H,9-10,13-14H2,1-3H3,(H2,26,27). The minimum atomic E-state index is -0.507. The van der Waals surface area contributed by atoms with Gasteiger partial charge in [0.1, 0.15) is 5.60 Å². The van der Waals surface area contributed by atoms with Crippen LogP contribution in [0.1, 0.15) is 52.0 Å². The molecular formula is C25H30N4O4. The zero-order valence-corrected chi connectivity index (χ0v) is 19.2. The highest BCUT2D eigenvalue weighted by Crippen LogP contribution is 2.51. The van der Waals surface area contributed by atoms with Gasteiger partial charge in [-0.1, -0.05) is 17.3 Å². The third-order valence-corrected chi connectivity index (χ3v) is 6.65. The molecule has 0 aliphatic carbocycles. The van der Waals surface area contributed by atoms with Gasteiger partial charge in [0.25, 0.3) is 0 Å². The van der Waals surface area contributed by atoms with Crippen LogP contribution in [-0.2, 0) is 4.74 Å². The number of nitrogens with two attached hydrogens (primary N) is 1. The van der Waals surface area contributed by atoms with E-state index in [2.05, 4.69) is 16.1 Å². The summed E-state index contributed by atoms with van der Waals surface area (Å²) in [6, 6.07) is 14.1. The molecule has 3 heterocycles. The van der Waals surface area contributed by atoms with E-state index < -0.39 is 5.60 Å². The third-order valence-electron chi connectivity index (χ3n) is 6.65. The lowest BCUT2D eigenvalue weighted by atomic mass is 9.94. The van der Waals surface area contributed by atoms with Gasteiger partial charge >= 0.3 is 6.09 Å². The Hall–Kier alpha value is -3.42. The zero-order chi connectivity index (χ0) is 23.3. The van der Waals surface area contributed by atoms with Crippen LogP contribution in [0.3, 0.4) is 0 Å². The average Bonchev–Trinajstić information content (AvgIpc) is 3.05. The highest BCUT2D eigenvalue weighted by atomic mass is 16.6. The van der Waals surface area contributed by atoms with Crippen molar-refractivity contribution in [2.75, 3.05) is 4.90 Å². The molecule has 0 saturated carbocycles. The third kappa shape index (κ3) is 3.83. The lowest BCUT2D eigenvalue weighted by Gasteiger charge is -2.45. The molecule has 3 aliphatic heterocycles. The minimum absolute atomic E-state index is 0.0375. The molecule has 2 bridgehead atoms. The van der Waals surface area contributed by atoms with Crippen LogP contribution in [0.25, 0.3) is 0 Å². The topological polar surface area (TPSA) is 101 Å². The molecule has 1 amide bonds. The second-order valence-electron chi connectivity index (χ2n) is 10.0. The van der Waals surface area contributed by atoms with E-state index in [1.165, 1.54) is 0 Å². The number of amidine groups is 1. The SMILES string of the molecule is CC(C)(C)OC(=O)N1C2CCC1CC(N1c3ccccc3Oc3cc(C(N)=NO)ccc31)C2. The number of anilines is 2. The lowest BCUT2D eigenvalue weighted by Crippen LogP contribution is -2.53. The number of rotatable bonds is 2. The number of carbonyl (C=O) groups is 1. The molecule has 2 aromatic rings. The van der Waals surface area contributed by atoms with Gasteiger partial charge in [-0.2, -0.15) is 0 Å². The molecule has 0 aromatic heterocycles. The van der Waals surface area contributed by atoms with Crippen LogP contribution in [-0.4, -0.2) is 45.8 Å². The molecule has 33 heavy (non-hydrogen) atoms. The molecule has 8 heteroatoms. The highest BCUT2D eigenvalue weighted by molar-refractivity contribution is 5.98. The maximum atomic E-state index is 12.9. The van der Waals surface area contributed by atoms with Gasteiger partial charge in [0.15, 0.2) is 17.3 Å². The van der Waals surface area contributed by atoms with Crippen molar-refractivity contribution in [1.29, 1.82) is 0 Å². The first-order valence-electron chi connectivity index (χ1n) is 11.4. The van der Waals surface area contributed by atoms with E-state index in [9.17, 15) is 4.79 Å². The molecule has 2 fully saturated rings. The predicted octanol–water partition coefficient (Wildman–Crippen LogP) is 4.96. The molecule has 0 spiro atoms. The van der Waals surface area contributed by atoms with E-state index >= 15 is 0 Å². The smallest absolute Gasteiger partial charge is 0.410 e. The Balaban J connectivity index is 1.48. The largest absolute Gasteiger partial charge is 0.453 e. The van der Waals surface area contributed by atoms with Gasteiger partial charge in [-0.15, -0.1) is 0 Å². The summed E-state index contributed by atoms with van der Waals surface area (Å²) in [4.78, 5) is 17.2. The Bertz CT molecular complexity index is 1100. The Morgan fingerprint density at radius 3 is 2.39 bits per heavy atom. The van der Waals surface area contributed by atoms with Crippen LogP contribution in [0.15, 0.2) is 47.6 Å². The van der Waals surface area contributed by atoms with Crippen molar-refractivity contribution in [3.8, 4) is 11.5 Å². The molecule has 2 saturated heterocycles. The van der Waals surface area contributed by atoms with Gasteiger partial charge in [-0.3, -0.25) is 0 Å². The van der Waals surface area contributed by atoms with E-state index in [0.717, 1.165) is 42.8 Å². The summed E-state index contributed by atoms with van der Waals surface area (Å²) < 4.78 is 11.9. The summed E-state index contributed by atoms with van der Waals surface area (Å²) in [6.45, 7) is 5.72. The van der Waals surface area contributed by atoms with E-state index in [1.807, 2.05) is 56.0 Å². The number of nitrogens with zero attached hydrogens (tertiary/aromatic N) is 3. The van der Waals surface area contributed by atoms with E-state index in [1.54, 1.807) is 6.07 Å². The predicted molar refractivity (Wildman–Crippen MR) is 126 cm³/mol. The maximum absolute atomic E-state index is 12.9. The number of ether oxygens (including phenoxy) is 2. The molecule has 8 nitrogen and oxygen atoms in total. The number of fused-ring (bicyclic) bond motifs is 4. The van der Waals surface area contributed by atoms with Crippen LogP contribution in [0.5, 0.6) is 11.5 Å². The van der Waals surface area contributed by atoms with Crippen molar-refractivity contribution in [3.63, 3.8) is 0 Å². The normalized spacial score (nSPS) is 24.1. The van der Waals surface area contributed by atoms with Crippen LogP contribution in [0.4, 0.5) is 16.2 Å². The quantitative estimate of drug-likeness (QED) is 0.290. The summed E-state index contributed by atoms with van der Waals surface area (Å²) in [5, 5.41) is 12.2. The highest BCUT2D eigenvalue weighted by Gasteiger charge is 2.47. The van der Waals surface area contributed by atoms with Gasteiger partial charge < -0.3 is 30.2 Å². The summed E-state index contributed by atoms with van der Waals surface area (Å²) in [5.74, 6) is 1.47. The fourth-order valence-electron chi connectivity index (χ4n) is 5.37. The molecular weight excluding hydrogens is 420 g/mol. The van der Waals surface area contributed by atoms with Gasteiger partial charge in [-0.25, -0.2) is 4.79 Å². The number of piperidine rings is 1. The second-order valence-corrected chi connectivity index (χ2v) is 10.0. The fraction of sp³-hybridized carbons (Fsp3) is 0.440. The molecule has 5 rings (SSSR count). The Kier molecular flexibility index (Phi) is 5.11. The van der Waals surface area contributed by atoms with Gasteiger partial charge in [0, 0.05) is 23.7 Å². The van der Waals surface area contributed by atoms with E-state index in [4.69, 9.17) is 20.4 Å². The fourth-order valence-corrected chi connectivity index (χ4v) is 5.37. The number of hydrogen-bond acceptors (Lipinski definition) is 6. The van der Waals surface area contributed by atoms with Crippen molar-refractivity contribution in [1.82, 2.24) is 4.90 Å². The summed E-state index contributed by atoms with van der Waals surface area (Å²) in [6.07, 6.45) is 3.47. The van der Waals surface area contributed by atoms with E-state index in [0.29, 0.717) is 11.3 Å². The Morgan fingerprint density at radius 1 is 1.06 bits per heavy atom. The molecule has 3 N–H and O–H groups in total. The Labute approximate surface area is 193 Å². The summed E-state index contributed by atoms with van der Waals surface area (Å²) in [5.41, 5.74) is 7.85. The molecule has 0 radical (unpaired) electrons. The summed E-state index contributed by atoms with van der Waals surface area (Å²) in [7, 11) is 0. The molecule has 2 unspecified atom stereocenters. The Morgan fingerprint density at radius 2 is 1.73 bits per heavy atom. The van der Waals surface area contributed by atoms with Gasteiger partial charge in [0.2, 0.25) is 0 Å². The maximum Gasteiger partial charge on any atom is 0.410 e. The van der Waals surface area contributed by atoms with Crippen molar-refractivity contribution in [2.24, 2.45) is 10.9 Å². The van der Waals surface area contributed by atoms with Crippen LogP contribution >= 0.6 is 0 Å². The number of hydrogen-bond donors (Lipinski definition) is 2. The first-order chi connectivity index (χ1) is 15.7. The number of carbonyl (C=O) groups excluding carboxylic acids is 1. The van der Waals surface area contributed by atoms with Crippen molar-refractivity contribution < 1.29 is 19.5 Å². The van der Waals surface area contributed by atoms with Crippen molar-refractivity contribution >= 4 is 23.3 Å². The number of amides is 1. The van der Waals surface area contributed by atoms with Crippen LogP contribution in [0, 0.1) is 0 Å². The van der Waals surface area contributed by atoms with Crippen LogP contribution in [0.2, 0.25) is 0 Å². The van der Waals surface area contributed by atoms with Crippen molar-refractivity contribution in [3.05, 3.63) is 48.0 Å². The number of benzene rings is 2. The summed E-state index contributed by atoms with van der Waals surface area (Å²) >= 11 is 0. The molecule has 174 valence electrons. The molecule has 2 atom stereocenters. The lowest BCUT2D eigenvalue weighted by molar-refractivity contribution is 0.00613. The van der Waals surface area contributed by atoms with Gasteiger partial charge in [-0.05, 0) is 76.8 Å². The first-order valence-corrected chi connectivity index (χ1v) is 11.4. The average molecular weight is 451 g/mol. The minimum Gasteiger partial charge on any atom is -0.453 e. The van der Waals surface area contributed by atoms with Crippen LogP contribution < -0.4 is 15.4 Å². The van der Waals surface area contributed by atoms with Crippen molar-refractivity contribution in [2.45, 2.75) is 70.2 Å². The zero-order valence-electron chi connectivity index (χ0n) is 19.2. The monoisotopic (exact) mass is 450 g/mol. The number of para-hydroxylation sites is 2. The molecule has 2 aromatic carbocycles. The van der Waals surface area contributed by atoms with Gasteiger partial charge in [0.05, 0.1) is 11.4 Å². The number of oxime groups is 1. The second kappa shape index (κ2) is 7.86. The first kappa shape index (κ1) is 21.4. The molecule has 3 aliphatic rings. The van der Waals surface area contributed by atoms with E-state index in [-0.39, 0.29) is 30.1 Å².